The standard InChI is InChI=1S/C29H38N4O5/c1-3-19(2)25(30)28(36)33-16-10-15-24(33)27(35)31-22(17-20-11-6-4-7-12-20)26(34)32-23(29(37)38)18-21-13-8-5-9-14-21/h4-9,11-14,19,22-25H,3,10,15-18,30H2,1-2H3,(H,31,35)(H,32,34)(H,37,38). The van der Waals surface area contributed by atoms with Gasteiger partial charge in [-0.15, -0.1) is 0 Å². The van der Waals surface area contributed by atoms with Crippen LogP contribution in [-0.4, -0.2) is 64.4 Å². The summed E-state index contributed by atoms with van der Waals surface area (Å²) in [6.07, 6.45) is 2.14. The topological polar surface area (TPSA) is 142 Å². The lowest BCUT2D eigenvalue weighted by molar-refractivity contribution is -0.143. The third-order valence-corrected chi connectivity index (χ3v) is 7.19. The molecule has 0 bridgehead atoms. The molecule has 1 aliphatic rings. The molecule has 204 valence electrons. The van der Waals surface area contributed by atoms with Crippen molar-refractivity contribution in [2.45, 2.75) is 70.1 Å². The first-order valence-corrected chi connectivity index (χ1v) is 13.2. The van der Waals surface area contributed by atoms with E-state index in [1.54, 1.807) is 24.3 Å². The molecule has 0 aromatic heterocycles. The highest BCUT2D eigenvalue weighted by molar-refractivity contribution is 5.94. The number of nitrogens with one attached hydrogen (secondary N) is 2. The number of carboxylic acids is 1. The first-order chi connectivity index (χ1) is 18.2. The molecule has 5 unspecified atom stereocenters. The minimum atomic E-state index is -1.17. The van der Waals surface area contributed by atoms with Crippen LogP contribution in [0.2, 0.25) is 0 Å². The molecule has 0 saturated carbocycles. The summed E-state index contributed by atoms with van der Waals surface area (Å²) < 4.78 is 0. The number of hydrogen-bond acceptors (Lipinski definition) is 5. The van der Waals surface area contributed by atoms with Crippen molar-refractivity contribution in [2.24, 2.45) is 11.7 Å². The molecule has 1 saturated heterocycles. The maximum Gasteiger partial charge on any atom is 0.326 e. The van der Waals surface area contributed by atoms with Crippen LogP contribution in [0.15, 0.2) is 60.7 Å². The van der Waals surface area contributed by atoms with Gasteiger partial charge < -0.3 is 26.4 Å². The van der Waals surface area contributed by atoms with E-state index < -0.39 is 42.0 Å². The van der Waals surface area contributed by atoms with E-state index in [4.69, 9.17) is 5.73 Å². The molecule has 2 aromatic rings. The van der Waals surface area contributed by atoms with Crippen LogP contribution in [0.25, 0.3) is 0 Å². The predicted molar refractivity (Wildman–Crippen MR) is 144 cm³/mol. The van der Waals surface area contributed by atoms with E-state index in [2.05, 4.69) is 10.6 Å². The molecular formula is C29H38N4O5. The van der Waals surface area contributed by atoms with E-state index in [9.17, 15) is 24.3 Å². The molecule has 0 aliphatic carbocycles. The van der Waals surface area contributed by atoms with Gasteiger partial charge in [-0.2, -0.15) is 0 Å². The largest absolute Gasteiger partial charge is 0.480 e. The van der Waals surface area contributed by atoms with Crippen molar-refractivity contribution in [3.05, 3.63) is 71.8 Å². The molecule has 0 radical (unpaired) electrons. The Morgan fingerprint density at radius 2 is 1.50 bits per heavy atom. The summed E-state index contributed by atoms with van der Waals surface area (Å²) in [4.78, 5) is 53.3. The first-order valence-electron chi connectivity index (χ1n) is 13.2. The molecule has 9 nitrogen and oxygen atoms in total. The zero-order chi connectivity index (χ0) is 27.7. The number of nitrogens with zero attached hydrogens (tertiary/aromatic N) is 1. The number of hydrogen-bond donors (Lipinski definition) is 4. The molecule has 1 aliphatic heterocycles. The van der Waals surface area contributed by atoms with E-state index in [-0.39, 0.29) is 24.7 Å². The highest BCUT2D eigenvalue weighted by Gasteiger charge is 2.38. The van der Waals surface area contributed by atoms with Crippen LogP contribution in [0, 0.1) is 5.92 Å². The Kier molecular flexibility index (Phi) is 10.4. The Morgan fingerprint density at radius 1 is 0.947 bits per heavy atom. The second-order valence-electron chi connectivity index (χ2n) is 9.94. The lowest BCUT2D eigenvalue weighted by Crippen LogP contribution is -2.57. The first kappa shape index (κ1) is 28.8. The molecular weight excluding hydrogens is 484 g/mol. The summed E-state index contributed by atoms with van der Waals surface area (Å²) in [6.45, 7) is 4.29. The van der Waals surface area contributed by atoms with E-state index in [1.165, 1.54) is 4.90 Å². The van der Waals surface area contributed by atoms with Gasteiger partial charge in [-0.05, 0) is 29.9 Å². The number of aliphatic carboxylic acids is 1. The van der Waals surface area contributed by atoms with Crippen LogP contribution in [0.3, 0.4) is 0 Å². The minimum absolute atomic E-state index is 0.0269. The Labute approximate surface area is 223 Å². The summed E-state index contributed by atoms with van der Waals surface area (Å²) in [5.41, 5.74) is 7.74. The number of amides is 3. The molecule has 5 atom stereocenters. The van der Waals surface area contributed by atoms with Crippen molar-refractivity contribution in [3.8, 4) is 0 Å². The summed E-state index contributed by atoms with van der Waals surface area (Å²) in [7, 11) is 0. The van der Waals surface area contributed by atoms with Gasteiger partial charge in [0.05, 0.1) is 6.04 Å². The second-order valence-corrected chi connectivity index (χ2v) is 9.94. The van der Waals surface area contributed by atoms with Gasteiger partial charge in [-0.1, -0.05) is 80.9 Å². The molecule has 1 heterocycles. The van der Waals surface area contributed by atoms with Crippen LogP contribution >= 0.6 is 0 Å². The number of benzene rings is 2. The highest BCUT2D eigenvalue weighted by Crippen LogP contribution is 2.21. The zero-order valence-electron chi connectivity index (χ0n) is 22.0. The SMILES string of the molecule is CCC(C)C(N)C(=O)N1CCCC1C(=O)NC(Cc1ccccc1)C(=O)NC(Cc1ccccc1)C(=O)O. The average molecular weight is 523 g/mol. The van der Waals surface area contributed by atoms with Crippen molar-refractivity contribution in [3.63, 3.8) is 0 Å². The maximum absolute atomic E-state index is 13.4. The van der Waals surface area contributed by atoms with Crippen molar-refractivity contribution < 1.29 is 24.3 Å². The summed E-state index contributed by atoms with van der Waals surface area (Å²) in [5.74, 6) is -2.51. The Bertz CT molecular complexity index is 1090. The highest BCUT2D eigenvalue weighted by atomic mass is 16.4. The van der Waals surface area contributed by atoms with E-state index in [1.807, 2.05) is 50.2 Å². The third-order valence-electron chi connectivity index (χ3n) is 7.19. The summed E-state index contributed by atoms with van der Waals surface area (Å²) >= 11 is 0. The molecule has 3 rings (SSSR count). The maximum atomic E-state index is 13.4. The fraction of sp³-hybridized carbons (Fsp3) is 0.448. The van der Waals surface area contributed by atoms with Gasteiger partial charge in [0, 0.05) is 19.4 Å². The van der Waals surface area contributed by atoms with Crippen molar-refractivity contribution >= 4 is 23.7 Å². The summed E-state index contributed by atoms with van der Waals surface area (Å²) in [5, 5.41) is 15.2. The van der Waals surface area contributed by atoms with Crippen molar-refractivity contribution in [2.75, 3.05) is 6.54 Å². The molecule has 3 amide bonds. The zero-order valence-corrected chi connectivity index (χ0v) is 22.0. The van der Waals surface area contributed by atoms with Crippen LogP contribution in [0.1, 0.15) is 44.2 Å². The number of carboxylic acid groups (broad SMARTS) is 1. The number of nitrogens with two attached hydrogens (primary N) is 1. The average Bonchev–Trinajstić information content (AvgIpc) is 3.42. The normalized spacial score (nSPS) is 18.2. The molecule has 38 heavy (non-hydrogen) atoms. The van der Waals surface area contributed by atoms with Crippen LogP contribution in [-0.2, 0) is 32.0 Å². The lowest BCUT2D eigenvalue weighted by atomic mass is 9.98. The Hall–Kier alpha value is -3.72. The fourth-order valence-corrected chi connectivity index (χ4v) is 4.64. The monoisotopic (exact) mass is 522 g/mol. The molecule has 9 heteroatoms. The predicted octanol–water partition coefficient (Wildman–Crippen LogP) is 1.89. The number of carbonyl (C=O) groups excluding carboxylic acids is 3. The molecule has 1 fully saturated rings. The number of carbonyl (C=O) groups is 4. The van der Waals surface area contributed by atoms with E-state index in [0.29, 0.717) is 19.4 Å². The van der Waals surface area contributed by atoms with Gasteiger partial charge in [0.15, 0.2) is 0 Å². The Balaban J connectivity index is 1.76. The second kappa shape index (κ2) is 13.7. The van der Waals surface area contributed by atoms with Crippen LogP contribution < -0.4 is 16.4 Å². The number of likely N-dealkylation sites (tertiary alicyclic amines) is 1. The van der Waals surface area contributed by atoms with Gasteiger partial charge in [-0.25, -0.2) is 4.79 Å². The fourth-order valence-electron chi connectivity index (χ4n) is 4.64. The smallest absolute Gasteiger partial charge is 0.326 e. The van der Waals surface area contributed by atoms with Gasteiger partial charge in [0.25, 0.3) is 0 Å². The third kappa shape index (κ3) is 7.64. The molecule has 2 aromatic carbocycles. The van der Waals surface area contributed by atoms with E-state index >= 15 is 0 Å². The minimum Gasteiger partial charge on any atom is -0.480 e. The molecule has 5 N–H and O–H groups in total. The van der Waals surface area contributed by atoms with Gasteiger partial charge in [0.2, 0.25) is 17.7 Å². The quantitative estimate of drug-likeness (QED) is 0.335. The number of rotatable bonds is 12. The van der Waals surface area contributed by atoms with Gasteiger partial charge in [0.1, 0.15) is 18.1 Å². The van der Waals surface area contributed by atoms with Crippen molar-refractivity contribution in [1.82, 2.24) is 15.5 Å². The van der Waals surface area contributed by atoms with Gasteiger partial charge >= 0.3 is 5.97 Å². The lowest BCUT2D eigenvalue weighted by Gasteiger charge is -2.30. The van der Waals surface area contributed by atoms with Gasteiger partial charge in [-0.3, -0.25) is 14.4 Å². The van der Waals surface area contributed by atoms with Crippen LogP contribution in [0.5, 0.6) is 0 Å². The van der Waals surface area contributed by atoms with E-state index in [0.717, 1.165) is 17.5 Å². The molecule has 0 spiro atoms. The van der Waals surface area contributed by atoms with Crippen LogP contribution in [0.4, 0.5) is 0 Å². The summed E-state index contributed by atoms with van der Waals surface area (Å²) in [6, 6.07) is 14.6. The Morgan fingerprint density at radius 3 is 2.03 bits per heavy atom. The van der Waals surface area contributed by atoms with Crippen molar-refractivity contribution in [1.29, 1.82) is 0 Å².